The molecule has 0 amide bonds. The summed E-state index contributed by atoms with van der Waals surface area (Å²) >= 11 is 1.74. The summed E-state index contributed by atoms with van der Waals surface area (Å²) in [6, 6.07) is 2.53. The molecule has 2 heterocycles. The topological polar surface area (TPSA) is 69.9 Å². The van der Waals surface area contributed by atoms with Crippen LogP contribution in [0, 0.1) is 11.3 Å². The first-order valence-corrected chi connectivity index (χ1v) is 9.43. The van der Waals surface area contributed by atoms with Crippen LogP contribution < -0.4 is 0 Å². The van der Waals surface area contributed by atoms with E-state index in [0.717, 1.165) is 40.7 Å². The highest BCUT2D eigenvalue weighted by atomic mass is 32.1. The van der Waals surface area contributed by atoms with Gasteiger partial charge in [0.1, 0.15) is 16.6 Å². The lowest BCUT2D eigenvalue weighted by atomic mass is 9.69. The number of aryl methyl sites for hydroxylation is 2. The highest BCUT2D eigenvalue weighted by Crippen LogP contribution is 2.45. The quantitative estimate of drug-likeness (QED) is 0.777. The minimum atomic E-state index is -0.742. The lowest BCUT2D eigenvalue weighted by Crippen LogP contribution is -2.34. The fourth-order valence-electron chi connectivity index (χ4n) is 4.07. The Bertz CT molecular complexity index is 937. The number of carbonyl (C=O) groups is 1. The first-order chi connectivity index (χ1) is 12.0. The summed E-state index contributed by atoms with van der Waals surface area (Å²) in [6.45, 7) is 0. The fraction of sp³-hybridized carbons (Fsp3) is 0.474. The molecule has 2 aromatic rings. The van der Waals surface area contributed by atoms with E-state index >= 15 is 0 Å². The summed E-state index contributed by atoms with van der Waals surface area (Å²) in [5.74, 6) is 0.139. The lowest BCUT2D eigenvalue weighted by molar-refractivity contribution is -0.117. The normalized spacial score (nSPS) is 24.5. The molecule has 0 N–H and O–H groups in total. The molecule has 0 spiro atoms. The van der Waals surface area contributed by atoms with E-state index in [1.807, 2.05) is 25.2 Å². The van der Waals surface area contributed by atoms with Crippen molar-refractivity contribution in [3.63, 3.8) is 0 Å². The second-order valence-electron chi connectivity index (χ2n) is 7.17. The largest absolute Gasteiger partial charge is 0.383 e. The van der Waals surface area contributed by atoms with Gasteiger partial charge in [0.05, 0.1) is 11.8 Å². The van der Waals surface area contributed by atoms with Crippen molar-refractivity contribution < 1.29 is 4.79 Å². The molecule has 2 aliphatic carbocycles. The van der Waals surface area contributed by atoms with Gasteiger partial charge in [-0.3, -0.25) is 4.79 Å². The second-order valence-corrected chi connectivity index (χ2v) is 8.26. The highest BCUT2D eigenvalue weighted by Gasteiger charge is 2.42. The maximum atomic E-state index is 12.3. The van der Waals surface area contributed by atoms with E-state index in [1.165, 1.54) is 10.4 Å². The maximum Gasteiger partial charge on any atom is 0.160 e. The van der Waals surface area contributed by atoms with E-state index in [4.69, 9.17) is 0 Å². The Kier molecular flexibility index (Phi) is 3.84. The zero-order valence-corrected chi connectivity index (χ0v) is 15.3. The van der Waals surface area contributed by atoms with E-state index in [0.29, 0.717) is 19.3 Å². The number of thiophene rings is 1. The summed E-state index contributed by atoms with van der Waals surface area (Å²) in [7, 11) is 3.80. The summed E-state index contributed by atoms with van der Waals surface area (Å²) < 4.78 is 0. The van der Waals surface area contributed by atoms with Gasteiger partial charge in [-0.25, -0.2) is 9.97 Å². The highest BCUT2D eigenvalue weighted by molar-refractivity contribution is 7.18. The van der Waals surface area contributed by atoms with Gasteiger partial charge in [-0.2, -0.15) is 5.26 Å². The summed E-state index contributed by atoms with van der Waals surface area (Å²) in [4.78, 5) is 25.6. The van der Waals surface area contributed by atoms with Crippen molar-refractivity contribution in [3.8, 4) is 6.07 Å². The molecule has 0 aromatic carbocycles. The molecule has 1 fully saturated rings. The zero-order valence-electron chi connectivity index (χ0n) is 14.5. The Morgan fingerprint density at radius 1 is 1.32 bits per heavy atom. The molecular formula is C19H20N4OS. The molecule has 5 nitrogen and oxygen atoms in total. The van der Waals surface area contributed by atoms with Crippen molar-refractivity contribution in [3.05, 3.63) is 34.2 Å². The molecule has 0 aliphatic heterocycles. The van der Waals surface area contributed by atoms with Crippen LogP contribution in [-0.4, -0.2) is 34.7 Å². The summed E-state index contributed by atoms with van der Waals surface area (Å²) in [5, 5.41) is 11.2. The van der Waals surface area contributed by atoms with Gasteiger partial charge in [0.15, 0.2) is 5.78 Å². The molecule has 4 rings (SSSR count). The van der Waals surface area contributed by atoms with Crippen molar-refractivity contribution in [1.29, 1.82) is 5.26 Å². The first kappa shape index (κ1) is 16.2. The predicted octanol–water partition coefficient (Wildman–Crippen LogP) is 3.14. The van der Waals surface area contributed by atoms with E-state index in [-0.39, 0.29) is 5.78 Å². The number of nitriles is 1. The minimum Gasteiger partial charge on any atom is -0.383 e. The number of allylic oxidation sites excluding steroid dienone is 1. The lowest BCUT2D eigenvalue weighted by Gasteiger charge is -2.32. The van der Waals surface area contributed by atoms with Crippen LogP contribution in [0.1, 0.15) is 41.8 Å². The number of nitrogens with zero attached hydrogens (tertiary/aromatic N) is 4. The number of fused-ring (bicyclic) bond motifs is 3. The number of hydrogen-bond acceptors (Lipinski definition) is 6. The molecule has 0 saturated heterocycles. The van der Waals surface area contributed by atoms with Crippen molar-refractivity contribution in [1.82, 2.24) is 14.9 Å². The molecule has 1 atom stereocenters. The number of rotatable bonds is 2. The number of carbonyl (C=O) groups excluding carboxylic acids is 1. The van der Waals surface area contributed by atoms with E-state index in [2.05, 4.69) is 16.0 Å². The van der Waals surface area contributed by atoms with Gasteiger partial charge in [0.2, 0.25) is 0 Å². The molecule has 0 bridgehead atoms. The molecule has 1 unspecified atom stereocenters. The standard InChI is InChI=1S/C19H20N4OS/c1-23(2)9-12-8-19(10-20,7-6-14(12)24)17-16-13-4-3-5-15(13)25-18(16)22-11-21-17/h9,11H,3-8H2,1-2H3/b12-9-. The Labute approximate surface area is 151 Å². The molecule has 1 saturated carbocycles. The molecule has 6 heteroatoms. The fourth-order valence-corrected chi connectivity index (χ4v) is 5.30. The molecule has 25 heavy (non-hydrogen) atoms. The summed E-state index contributed by atoms with van der Waals surface area (Å²) in [6.07, 6.45) is 8.08. The van der Waals surface area contributed by atoms with Crippen molar-refractivity contribution >= 4 is 27.3 Å². The Balaban J connectivity index is 1.89. The smallest absolute Gasteiger partial charge is 0.160 e. The SMILES string of the molecule is CN(C)/C=C1/CC(C#N)(c2ncnc3sc4c(c23)CCC4)CCC1=O. The average Bonchev–Trinajstić information content (AvgIpc) is 3.17. The third kappa shape index (κ3) is 2.54. The van der Waals surface area contributed by atoms with Gasteiger partial charge >= 0.3 is 0 Å². The molecule has 2 aliphatic rings. The maximum absolute atomic E-state index is 12.3. The number of Topliss-reactive ketones (excluding diaryl/α,β-unsaturated/α-hetero) is 1. The van der Waals surface area contributed by atoms with Crippen molar-refractivity contribution in [2.24, 2.45) is 0 Å². The van der Waals surface area contributed by atoms with Crippen LogP contribution in [0.3, 0.4) is 0 Å². The number of aromatic nitrogens is 2. The third-order valence-electron chi connectivity index (χ3n) is 5.21. The summed E-state index contributed by atoms with van der Waals surface area (Å²) in [5.41, 5.74) is 2.14. The van der Waals surface area contributed by atoms with E-state index < -0.39 is 5.41 Å². The van der Waals surface area contributed by atoms with Crippen LogP contribution in [0.25, 0.3) is 10.2 Å². The Morgan fingerprint density at radius 2 is 2.16 bits per heavy atom. The molecule has 0 radical (unpaired) electrons. The second kappa shape index (κ2) is 5.92. The van der Waals surface area contributed by atoms with Gasteiger partial charge in [0.25, 0.3) is 0 Å². The first-order valence-electron chi connectivity index (χ1n) is 8.61. The monoisotopic (exact) mass is 352 g/mol. The Morgan fingerprint density at radius 3 is 2.92 bits per heavy atom. The van der Waals surface area contributed by atoms with Gasteiger partial charge in [0, 0.05) is 49.0 Å². The number of hydrogen-bond donors (Lipinski definition) is 0. The minimum absolute atomic E-state index is 0.139. The van der Waals surface area contributed by atoms with Gasteiger partial charge in [-0.05, 0) is 31.2 Å². The third-order valence-corrected chi connectivity index (χ3v) is 6.41. The van der Waals surface area contributed by atoms with Gasteiger partial charge in [-0.15, -0.1) is 11.3 Å². The van der Waals surface area contributed by atoms with Crippen LogP contribution in [0.5, 0.6) is 0 Å². The number of ketones is 1. The van der Waals surface area contributed by atoms with Gasteiger partial charge < -0.3 is 4.90 Å². The van der Waals surface area contributed by atoms with Crippen molar-refractivity contribution in [2.45, 2.75) is 43.9 Å². The van der Waals surface area contributed by atoms with Crippen LogP contribution in [0.2, 0.25) is 0 Å². The van der Waals surface area contributed by atoms with Crippen LogP contribution in [-0.2, 0) is 23.1 Å². The van der Waals surface area contributed by atoms with E-state index in [9.17, 15) is 10.1 Å². The van der Waals surface area contributed by atoms with Crippen LogP contribution >= 0.6 is 11.3 Å². The molecule has 2 aromatic heterocycles. The van der Waals surface area contributed by atoms with Crippen LogP contribution in [0.4, 0.5) is 0 Å². The average molecular weight is 352 g/mol. The van der Waals surface area contributed by atoms with Crippen molar-refractivity contribution in [2.75, 3.05) is 14.1 Å². The Hall–Kier alpha value is -2.26. The van der Waals surface area contributed by atoms with E-state index in [1.54, 1.807) is 17.7 Å². The molecule has 128 valence electrons. The molecular weight excluding hydrogens is 332 g/mol. The zero-order chi connectivity index (χ0) is 17.6. The van der Waals surface area contributed by atoms with Crippen LogP contribution in [0.15, 0.2) is 18.1 Å². The predicted molar refractivity (Wildman–Crippen MR) is 97.4 cm³/mol. The van der Waals surface area contributed by atoms with Gasteiger partial charge in [-0.1, -0.05) is 0 Å².